The van der Waals surface area contributed by atoms with Crippen molar-refractivity contribution >= 4 is 17.5 Å². The van der Waals surface area contributed by atoms with E-state index in [-0.39, 0.29) is 23.2 Å². The summed E-state index contributed by atoms with van der Waals surface area (Å²) in [5.74, 6) is -0.348. The lowest BCUT2D eigenvalue weighted by Gasteiger charge is -2.05. The van der Waals surface area contributed by atoms with Crippen molar-refractivity contribution in [2.45, 2.75) is 13.0 Å². The van der Waals surface area contributed by atoms with Crippen LogP contribution < -0.4 is 5.32 Å². The average Bonchev–Trinajstić information content (AvgIpc) is 2.47. The minimum absolute atomic E-state index is 0.0584. The molecule has 1 aromatic heterocycles. The van der Waals surface area contributed by atoms with Crippen molar-refractivity contribution in [2.24, 2.45) is 0 Å². The minimum Gasteiger partial charge on any atom is -0.452 e. The van der Waals surface area contributed by atoms with Crippen molar-refractivity contribution in [1.29, 1.82) is 0 Å². The Morgan fingerprint density at radius 1 is 1.85 bits per heavy atom. The number of furan rings is 1. The van der Waals surface area contributed by atoms with Gasteiger partial charge in [-0.3, -0.25) is 4.79 Å². The van der Waals surface area contributed by atoms with Gasteiger partial charge in [0, 0.05) is 6.54 Å². The van der Waals surface area contributed by atoms with Crippen LogP contribution in [-0.2, 0) is 0 Å². The van der Waals surface area contributed by atoms with Crippen LogP contribution in [0, 0.1) is 0 Å². The van der Waals surface area contributed by atoms with Gasteiger partial charge in [0.2, 0.25) is 5.22 Å². The third-order valence-corrected chi connectivity index (χ3v) is 1.71. The predicted octanol–water partition coefficient (Wildman–Crippen LogP) is 1.04. The molecule has 0 bridgehead atoms. The Morgan fingerprint density at radius 2 is 2.54 bits per heavy atom. The SMILES string of the molecule is C[C@H](O)CNC(=O)c1ccoc1Cl. The fourth-order valence-electron chi connectivity index (χ4n) is 0.791. The largest absolute Gasteiger partial charge is 0.452 e. The fraction of sp³-hybridized carbons (Fsp3) is 0.375. The van der Waals surface area contributed by atoms with Gasteiger partial charge in [0.05, 0.1) is 17.9 Å². The van der Waals surface area contributed by atoms with Gasteiger partial charge in [-0.15, -0.1) is 0 Å². The number of hydrogen-bond acceptors (Lipinski definition) is 3. The molecule has 13 heavy (non-hydrogen) atoms. The van der Waals surface area contributed by atoms with Crippen LogP contribution in [0.25, 0.3) is 0 Å². The number of aliphatic hydroxyl groups excluding tert-OH is 1. The van der Waals surface area contributed by atoms with Crippen molar-refractivity contribution in [2.75, 3.05) is 6.54 Å². The van der Waals surface area contributed by atoms with Crippen LogP contribution in [0.3, 0.4) is 0 Å². The van der Waals surface area contributed by atoms with Crippen LogP contribution in [-0.4, -0.2) is 23.7 Å². The summed E-state index contributed by atoms with van der Waals surface area (Å²) in [6.07, 6.45) is 0.759. The van der Waals surface area contributed by atoms with E-state index in [2.05, 4.69) is 5.32 Å². The lowest BCUT2D eigenvalue weighted by molar-refractivity contribution is 0.0923. The van der Waals surface area contributed by atoms with Crippen LogP contribution in [0.15, 0.2) is 16.7 Å². The highest BCUT2D eigenvalue weighted by atomic mass is 35.5. The molecule has 1 amide bonds. The Bertz CT molecular complexity index is 295. The average molecular weight is 204 g/mol. The third kappa shape index (κ3) is 2.75. The van der Waals surface area contributed by atoms with Crippen molar-refractivity contribution in [3.63, 3.8) is 0 Å². The zero-order valence-corrected chi connectivity index (χ0v) is 7.84. The number of nitrogens with one attached hydrogen (secondary N) is 1. The maximum atomic E-state index is 11.3. The first-order valence-electron chi connectivity index (χ1n) is 3.80. The highest BCUT2D eigenvalue weighted by Gasteiger charge is 2.12. The number of halogens is 1. The van der Waals surface area contributed by atoms with Crippen molar-refractivity contribution in [3.8, 4) is 0 Å². The maximum absolute atomic E-state index is 11.3. The molecule has 1 rings (SSSR count). The lowest BCUT2D eigenvalue weighted by Crippen LogP contribution is -2.30. The van der Waals surface area contributed by atoms with E-state index in [0.717, 1.165) is 0 Å². The predicted molar refractivity (Wildman–Crippen MR) is 47.7 cm³/mol. The quantitative estimate of drug-likeness (QED) is 0.772. The Hall–Kier alpha value is -1.00. The number of carbonyl (C=O) groups excluding carboxylic acids is 1. The summed E-state index contributed by atoms with van der Waals surface area (Å²) in [6, 6.07) is 1.47. The summed E-state index contributed by atoms with van der Waals surface area (Å²) in [5.41, 5.74) is 0.280. The van der Waals surface area contributed by atoms with Gasteiger partial charge in [-0.05, 0) is 24.6 Å². The molecule has 1 heterocycles. The topological polar surface area (TPSA) is 62.5 Å². The number of aliphatic hydroxyl groups is 1. The second-order valence-electron chi connectivity index (χ2n) is 2.67. The maximum Gasteiger partial charge on any atom is 0.256 e. The van der Waals surface area contributed by atoms with Crippen molar-refractivity contribution < 1.29 is 14.3 Å². The molecule has 0 aliphatic heterocycles. The molecule has 0 saturated carbocycles. The van der Waals surface area contributed by atoms with E-state index in [1.54, 1.807) is 6.92 Å². The van der Waals surface area contributed by atoms with Gasteiger partial charge in [-0.1, -0.05) is 0 Å². The van der Waals surface area contributed by atoms with Crippen LogP contribution in [0.4, 0.5) is 0 Å². The summed E-state index contributed by atoms with van der Waals surface area (Å²) < 4.78 is 4.73. The molecule has 5 heteroatoms. The molecular formula is C8H10ClNO3. The molecule has 0 aromatic carbocycles. The van der Waals surface area contributed by atoms with E-state index >= 15 is 0 Å². The fourth-order valence-corrected chi connectivity index (χ4v) is 0.992. The standard InChI is InChI=1S/C8H10ClNO3/c1-5(11)4-10-8(12)6-2-3-13-7(6)9/h2-3,5,11H,4H2,1H3,(H,10,12)/t5-/m0/s1. The molecule has 1 aromatic rings. The van der Waals surface area contributed by atoms with Gasteiger partial charge in [-0.2, -0.15) is 0 Å². The van der Waals surface area contributed by atoms with Crippen LogP contribution in [0.2, 0.25) is 5.22 Å². The molecule has 0 aliphatic carbocycles. The number of hydrogen-bond donors (Lipinski definition) is 2. The molecule has 2 N–H and O–H groups in total. The monoisotopic (exact) mass is 203 g/mol. The zero-order valence-electron chi connectivity index (χ0n) is 7.08. The first kappa shape index (κ1) is 10.1. The number of rotatable bonds is 3. The van der Waals surface area contributed by atoms with Crippen LogP contribution in [0.5, 0.6) is 0 Å². The Labute approximate surface area is 80.5 Å². The first-order valence-corrected chi connectivity index (χ1v) is 4.18. The number of amides is 1. The van der Waals surface area contributed by atoms with Gasteiger partial charge in [-0.25, -0.2) is 0 Å². The normalized spacial score (nSPS) is 12.5. The second kappa shape index (κ2) is 4.30. The van der Waals surface area contributed by atoms with E-state index in [9.17, 15) is 4.79 Å². The summed E-state index contributed by atoms with van der Waals surface area (Å²) in [7, 11) is 0. The Balaban J connectivity index is 2.54. The minimum atomic E-state index is -0.574. The summed E-state index contributed by atoms with van der Waals surface area (Å²) in [5, 5.41) is 11.4. The van der Waals surface area contributed by atoms with E-state index in [1.807, 2.05) is 0 Å². The van der Waals surface area contributed by atoms with Gasteiger partial charge in [0.25, 0.3) is 5.91 Å². The van der Waals surface area contributed by atoms with E-state index in [4.69, 9.17) is 21.1 Å². The molecule has 0 spiro atoms. The molecule has 0 unspecified atom stereocenters. The first-order chi connectivity index (χ1) is 6.11. The molecule has 1 atom stereocenters. The third-order valence-electron chi connectivity index (χ3n) is 1.42. The summed E-state index contributed by atoms with van der Waals surface area (Å²) in [6.45, 7) is 1.78. The van der Waals surface area contributed by atoms with Gasteiger partial charge in [0.15, 0.2) is 0 Å². The highest BCUT2D eigenvalue weighted by molar-refractivity contribution is 6.32. The Kier molecular flexibility index (Phi) is 3.33. The molecule has 0 fully saturated rings. The van der Waals surface area contributed by atoms with Crippen LogP contribution >= 0.6 is 11.6 Å². The van der Waals surface area contributed by atoms with Gasteiger partial charge >= 0.3 is 0 Å². The lowest BCUT2D eigenvalue weighted by atomic mass is 10.3. The summed E-state index contributed by atoms with van der Waals surface area (Å²) >= 11 is 5.56. The van der Waals surface area contributed by atoms with E-state index in [1.165, 1.54) is 12.3 Å². The molecule has 0 aliphatic rings. The summed E-state index contributed by atoms with van der Waals surface area (Å²) in [4.78, 5) is 11.3. The van der Waals surface area contributed by atoms with E-state index < -0.39 is 6.10 Å². The molecule has 72 valence electrons. The smallest absolute Gasteiger partial charge is 0.256 e. The van der Waals surface area contributed by atoms with Crippen molar-refractivity contribution in [1.82, 2.24) is 5.32 Å². The van der Waals surface area contributed by atoms with Gasteiger partial charge in [0.1, 0.15) is 0 Å². The van der Waals surface area contributed by atoms with Crippen molar-refractivity contribution in [3.05, 3.63) is 23.1 Å². The van der Waals surface area contributed by atoms with Crippen LogP contribution in [0.1, 0.15) is 17.3 Å². The number of carbonyl (C=O) groups is 1. The van der Waals surface area contributed by atoms with E-state index in [0.29, 0.717) is 0 Å². The molecular weight excluding hydrogens is 194 g/mol. The molecule has 0 saturated heterocycles. The molecule has 0 radical (unpaired) electrons. The zero-order chi connectivity index (χ0) is 9.84. The highest BCUT2D eigenvalue weighted by Crippen LogP contribution is 2.15. The Morgan fingerprint density at radius 3 is 3.00 bits per heavy atom. The van der Waals surface area contributed by atoms with Gasteiger partial charge < -0.3 is 14.8 Å². The second-order valence-corrected chi connectivity index (χ2v) is 3.01. The molecule has 4 nitrogen and oxygen atoms in total.